The van der Waals surface area contributed by atoms with Crippen LogP contribution in [-0.2, 0) is 10.0 Å². The van der Waals surface area contributed by atoms with E-state index in [1.165, 1.54) is 24.6 Å². The van der Waals surface area contributed by atoms with Gasteiger partial charge in [0.15, 0.2) is 0 Å². The molecule has 7 nitrogen and oxygen atoms in total. The van der Waals surface area contributed by atoms with Gasteiger partial charge in [-0.25, -0.2) is 13.4 Å². The lowest BCUT2D eigenvalue weighted by molar-refractivity contribution is 0.388. The molecule has 0 bridgehead atoms. The maximum atomic E-state index is 13.2. The normalized spacial score (nSPS) is 18.2. The van der Waals surface area contributed by atoms with E-state index in [4.69, 9.17) is 9.47 Å². The van der Waals surface area contributed by atoms with Gasteiger partial charge in [-0.15, -0.1) is 0 Å². The molecule has 1 aromatic heterocycles. The average Bonchev–Trinajstić information content (AvgIpc) is 3.28. The molecule has 0 spiro atoms. The van der Waals surface area contributed by atoms with Crippen LogP contribution in [0.3, 0.4) is 0 Å². The molecule has 0 aliphatic carbocycles. The predicted octanol–water partition coefficient (Wildman–Crippen LogP) is 2.97. The average molecular weight is 394 g/mol. The maximum absolute atomic E-state index is 13.2. The van der Waals surface area contributed by atoms with Crippen LogP contribution in [0, 0.1) is 6.92 Å². The Bertz CT molecular complexity index is 921. The van der Waals surface area contributed by atoms with Crippen molar-refractivity contribution in [1.29, 1.82) is 0 Å². The van der Waals surface area contributed by atoms with E-state index < -0.39 is 10.0 Å². The zero-order valence-electron chi connectivity index (χ0n) is 16.5. The number of sulfonamides is 1. The van der Waals surface area contributed by atoms with Gasteiger partial charge in [0.1, 0.15) is 22.2 Å². The summed E-state index contributed by atoms with van der Waals surface area (Å²) in [6, 6.07) is 5.11. The summed E-state index contributed by atoms with van der Waals surface area (Å²) in [6.45, 7) is 7.12. The molecule has 2 heterocycles. The van der Waals surface area contributed by atoms with Gasteiger partial charge in [-0.3, -0.25) is 0 Å². The number of hydrogen-bond donors (Lipinski definition) is 0. The maximum Gasteiger partial charge on any atom is 0.246 e. The molecular weight excluding hydrogens is 366 g/mol. The van der Waals surface area contributed by atoms with E-state index >= 15 is 0 Å². The minimum atomic E-state index is -3.69. The number of aryl methyl sites for hydroxylation is 1. The van der Waals surface area contributed by atoms with Crippen LogP contribution >= 0.6 is 0 Å². The van der Waals surface area contributed by atoms with Crippen molar-refractivity contribution in [2.75, 3.05) is 27.3 Å². The first-order valence-electron chi connectivity index (χ1n) is 9.05. The van der Waals surface area contributed by atoms with Gasteiger partial charge in [-0.05, 0) is 39.3 Å². The van der Waals surface area contributed by atoms with E-state index in [2.05, 4.69) is 23.4 Å². The van der Waals surface area contributed by atoms with Crippen LogP contribution in [0.2, 0.25) is 0 Å². The Hall–Kier alpha value is -2.06. The molecule has 2 aromatic rings. The number of ether oxygens (including phenoxy) is 2. The monoisotopic (exact) mass is 393 g/mol. The molecule has 1 atom stereocenters. The van der Waals surface area contributed by atoms with Crippen LogP contribution in [0.5, 0.6) is 11.5 Å². The first-order valence-corrected chi connectivity index (χ1v) is 10.5. The van der Waals surface area contributed by atoms with Crippen molar-refractivity contribution in [3.05, 3.63) is 35.9 Å². The van der Waals surface area contributed by atoms with Crippen LogP contribution in [0.15, 0.2) is 29.3 Å². The van der Waals surface area contributed by atoms with Crippen molar-refractivity contribution in [2.45, 2.75) is 44.0 Å². The highest BCUT2D eigenvalue weighted by molar-refractivity contribution is 7.89. The van der Waals surface area contributed by atoms with E-state index in [0.29, 0.717) is 24.6 Å². The Labute approximate surface area is 161 Å². The van der Waals surface area contributed by atoms with Crippen molar-refractivity contribution in [3.8, 4) is 11.5 Å². The smallest absolute Gasteiger partial charge is 0.246 e. The van der Waals surface area contributed by atoms with Gasteiger partial charge >= 0.3 is 0 Å². The molecule has 1 fully saturated rings. The summed E-state index contributed by atoms with van der Waals surface area (Å²) in [5.74, 6) is 1.83. The number of aromatic nitrogens is 2. The Morgan fingerprint density at radius 2 is 1.96 bits per heavy atom. The highest BCUT2D eigenvalue weighted by Gasteiger charge is 2.37. The molecular formula is C19H27N3O4S. The Morgan fingerprint density at radius 3 is 2.59 bits per heavy atom. The standard InChI is InChI=1S/C19H27N3O4S/c1-13(2)22-14(3)11-20-19(22)15-8-9-21(12-15)27(23,24)18-10-16(25-4)6-7-17(18)26-5/h6-7,10-11,13,15H,8-9,12H2,1-5H3. The number of imidazole rings is 1. The fourth-order valence-corrected chi connectivity index (χ4v) is 5.39. The van der Waals surface area contributed by atoms with Crippen LogP contribution < -0.4 is 9.47 Å². The van der Waals surface area contributed by atoms with Crippen LogP contribution in [-0.4, -0.2) is 49.6 Å². The SMILES string of the molecule is COc1ccc(OC)c(S(=O)(=O)N2CCC(c3ncc(C)n3C(C)C)C2)c1. The second-order valence-corrected chi connectivity index (χ2v) is 8.99. The zero-order valence-corrected chi connectivity index (χ0v) is 17.3. The number of hydrogen-bond acceptors (Lipinski definition) is 5. The fourth-order valence-electron chi connectivity index (χ4n) is 3.72. The minimum Gasteiger partial charge on any atom is -0.497 e. The Morgan fingerprint density at radius 1 is 1.22 bits per heavy atom. The third-order valence-electron chi connectivity index (χ3n) is 5.03. The lowest BCUT2D eigenvalue weighted by Gasteiger charge is -2.20. The summed E-state index contributed by atoms with van der Waals surface area (Å²) < 4.78 is 40.7. The number of rotatable bonds is 6. The molecule has 0 N–H and O–H groups in total. The van der Waals surface area contributed by atoms with E-state index in [-0.39, 0.29) is 16.9 Å². The summed E-state index contributed by atoms with van der Waals surface area (Å²) in [6.07, 6.45) is 2.60. The Balaban J connectivity index is 1.91. The first-order chi connectivity index (χ1) is 12.8. The summed E-state index contributed by atoms with van der Waals surface area (Å²) in [5, 5.41) is 0. The van der Waals surface area contributed by atoms with Gasteiger partial charge in [-0.2, -0.15) is 4.31 Å². The van der Waals surface area contributed by atoms with Crippen LogP contribution in [0.4, 0.5) is 0 Å². The lowest BCUT2D eigenvalue weighted by Crippen LogP contribution is -2.29. The third kappa shape index (κ3) is 3.55. The molecule has 0 radical (unpaired) electrons. The van der Waals surface area contributed by atoms with Gasteiger partial charge in [0.05, 0.1) is 14.2 Å². The molecule has 1 unspecified atom stereocenters. The van der Waals surface area contributed by atoms with Crippen molar-refractivity contribution >= 4 is 10.0 Å². The van der Waals surface area contributed by atoms with Gasteiger partial charge in [0, 0.05) is 43.0 Å². The zero-order chi connectivity index (χ0) is 19.8. The predicted molar refractivity (Wildman–Crippen MR) is 103 cm³/mol. The highest BCUT2D eigenvalue weighted by Crippen LogP contribution is 2.36. The second kappa shape index (κ2) is 7.52. The van der Waals surface area contributed by atoms with Crippen molar-refractivity contribution in [1.82, 2.24) is 13.9 Å². The van der Waals surface area contributed by atoms with E-state index in [0.717, 1.165) is 17.9 Å². The number of methoxy groups -OCH3 is 2. The highest BCUT2D eigenvalue weighted by atomic mass is 32.2. The molecule has 27 heavy (non-hydrogen) atoms. The summed E-state index contributed by atoms with van der Waals surface area (Å²) in [7, 11) is -0.710. The molecule has 148 valence electrons. The molecule has 3 rings (SSSR count). The first kappa shape index (κ1) is 19.7. The van der Waals surface area contributed by atoms with Crippen molar-refractivity contribution < 1.29 is 17.9 Å². The summed E-state index contributed by atoms with van der Waals surface area (Å²) in [4.78, 5) is 4.70. The van der Waals surface area contributed by atoms with E-state index in [1.807, 2.05) is 13.1 Å². The van der Waals surface area contributed by atoms with Crippen LogP contribution in [0.25, 0.3) is 0 Å². The van der Waals surface area contributed by atoms with Gasteiger partial charge in [-0.1, -0.05) is 0 Å². The molecule has 1 saturated heterocycles. The van der Waals surface area contributed by atoms with E-state index in [9.17, 15) is 8.42 Å². The topological polar surface area (TPSA) is 73.7 Å². The minimum absolute atomic E-state index is 0.0764. The lowest BCUT2D eigenvalue weighted by atomic mass is 10.1. The second-order valence-electron chi connectivity index (χ2n) is 7.09. The largest absolute Gasteiger partial charge is 0.497 e. The van der Waals surface area contributed by atoms with Crippen molar-refractivity contribution in [2.24, 2.45) is 0 Å². The molecule has 0 amide bonds. The molecule has 1 aliphatic heterocycles. The quantitative estimate of drug-likeness (QED) is 0.754. The van der Waals surface area contributed by atoms with Crippen molar-refractivity contribution in [3.63, 3.8) is 0 Å². The number of nitrogens with zero attached hydrogens (tertiary/aromatic N) is 3. The molecule has 8 heteroatoms. The molecule has 0 saturated carbocycles. The Kier molecular flexibility index (Phi) is 5.48. The van der Waals surface area contributed by atoms with Crippen LogP contribution in [0.1, 0.15) is 43.7 Å². The summed E-state index contributed by atoms with van der Waals surface area (Å²) >= 11 is 0. The van der Waals surface area contributed by atoms with Gasteiger partial charge in [0.2, 0.25) is 10.0 Å². The summed E-state index contributed by atoms with van der Waals surface area (Å²) in [5.41, 5.74) is 1.09. The fraction of sp³-hybridized carbons (Fsp3) is 0.526. The van der Waals surface area contributed by atoms with E-state index in [1.54, 1.807) is 12.1 Å². The number of benzene rings is 1. The molecule has 1 aliphatic rings. The van der Waals surface area contributed by atoms with Gasteiger partial charge < -0.3 is 14.0 Å². The molecule has 1 aromatic carbocycles. The third-order valence-corrected chi connectivity index (χ3v) is 6.92. The van der Waals surface area contributed by atoms with Gasteiger partial charge in [0.25, 0.3) is 0 Å².